The monoisotopic (exact) mass is 678 g/mol. The summed E-state index contributed by atoms with van der Waals surface area (Å²) >= 11 is 0. The zero-order valence-corrected chi connectivity index (χ0v) is 31.6. The van der Waals surface area contributed by atoms with Crippen LogP contribution in [0.5, 0.6) is 0 Å². The maximum Gasteiger partial charge on any atom is 0.179 e. The summed E-state index contributed by atoms with van der Waals surface area (Å²) in [4.78, 5) is 0. The van der Waals surface area contributed by atoms with Gasteiger partial charge in [-0.1, -0.05) is 169 Å². The zero-order chi connectivity index (χ0) is 35.4. The van der Waals surface area contributed by atoms with E-state index in [0.29, 0.717) is 0 Å². The normalized spacial score (nSPS) is 12.5. The van der Waals surface area contributed by atoms with Gasteiger partial charge in [0.05, 0.1) is 11.0 Å². The van der Waals surface area contributed by atoms with Gasteiger partial charge in [-0.3, -0.25) is 0 Å². The molecule has 0 amide bonds. The maximum absolute atomic E-state index is 2.85. The molecule has 2 aromatic heterocycles. The van der Waals surface area contributed by atoms with E-state index in [1.807, 2.05) is 0 Å². The number of hydrogen-bond donors (Lipinski definition) is 0. The Hall–Kier alpha value is -5.38. The number of hydrogen-bond acceptors (Lipinski definition) is 0. The third-order valence-corrected chi connectivity index (χ3v) is 15.3. The highest BCUT2D eigenvalue weighted by Crippen LogP contribution is 2.36. The van der Waals surface area contributed by atoms with E-state index in [-0.39, 0.29) is 10.8 Å². The van der Waals surface area contributed by atoms with Crippen molar-refractivity contribution in [3.63, 3.8) is 0 Å². The first kappa shape index (κ1) is 32.8. The predicted molar refractivity (Wildman–Crippen MR) is 221 cm³/mol. The van der Waals surface area contributed by atoms with E-state index in [2.05, 4.69) is 221 Å². The van der Waals surface area contributed by atoms with Gasteiger partial charge < -0.3 is 9.13 Å². The van der Waals surface area contributed by atoms with Gasteiger partial charge in [-0.05, 0) is 73.0 Å². The Morgan fingerprint density at radius 2 is 0.706 bits per heavy atom. The van der Waals surface area contributed by atoms with Crippen molar-refractivity contribution in [2.75, 3.05) is 0 Å². The molecule has 2 heterocycles. The zero-order valence-electron chi connectivity index (χ0n) is 30.6. The summed E-state index contributed by atoms with van der Waals surface area (Å²) in [6.45, 7) is 13.9. The molecule has 0 aliphatic rings. The van der Waals surface area contributed by atoms with Crippen molar-refractivity contribution in [3.05, 3.63) is 181 Å². The van der Waals surface area contributed by atoms with Crippen LogP contribution in [0.15, 0.2) is 170 Å². The third-order valence-electron chi connectivity index (χ3n) is 10.6. The summed E-state index contributed by atoms with van der Waals surface area (Å²) in [6.07, 6.45) is 4.78. The van der Waals surface area contributed by atoms with E-state index in [4.69, 9.17) is 0 Å². The van der Waals surface area contributed by atoms with Crippen molar-refractivity contribution in [2.24, 2.45) is 0 Å². The van der Waals surface area contributed by atoms with Crippen LogP contribution in [0.2, 0.25) is 0 Å². The number of aromatic nitrogens is 2. The SMILES string of the molecule is CC(C)(C)c1cn(-c2cc(-n3cc(C(C)(C)C)c4ccccc43)cc([Si](c3ccccc3)(c3ccccc3)c3ccccc3)c2)c2ccccc12. The standard InChI is InChI=1S/C48H46N2Si/c1-47(2,3)43-33-49(45-28-18-16-26-41(43)45)35-30-36(50-34-44(48(4,5)6)42-27-17-19-29-46(42)50)32-40(31-35)51(37-20-10-7-11-21-37,38-22-12-8-13-23-38)39-24-14-9-15-25-39/h7-34H,1-6H3. The van der Waals surface area contributed by atoms with Gasteiger partial charge in [-0.25, -0.2) is 0 Å². The highest BCUT2D eigenvalue weighted by atomic mass is 28.3. The molecule has 0 saturated heterocycles. The van der Waals surface area contributed by atoms with Gasteiger partial charge in [0.25, 0.3) is 0 Å². The molecule has 8 aromatic rings. The maximum atomic E-state index is 2.50. The smallest absolute Gasteiger partial charge is 0.179 e. The molecule has 0 saturated carbocycles. The third kappa shape index (κ3) is 5.57. The van der Waals surface area contributed by atoms with Crippen molar-refractivity contribution in [3.8, 4) is 11.4 Å². The summed E-state index contributed by atoms with van der Waals surface area (Å²) in [5.74, 6) is 0. The molecule has 0 aliphatic heterocycles. The van der Waals surface area contributed by atoms with Gasteiger partial charge >= 0.3 is 0 Å². The number of para-hydroxylation sites is 2. The minimum Gasteiger partial charge on any atom is -0.316 e. The first-order valence-electron chi connectivity index (χ1n) is 18.1. The highest BCUT2D eigenvalue weighted by Gasteiger charge is 2.42. The van der Waals surface area contributed by atoms with Crippen molar-refractivity contribution < 1.29 is 0 Å². The quantitative estimate of drug-likeness (QED) is 0.123. The average molecular weight is 679 g/mol. The number of fused-ring (bicyclic) bond motifs is 2. The first-order chi connectivity index (χ1) is 24.6. The van der Waals surface area contributed by atoms with E-state index in [9.17, 15) is 0 Å². The van der Waals surface area contributed by atoms with E-state index in [1.54, 1.807) is 0 Å². The van der Waals surface area contributed by atoms with Crippen LogP contribution in [0, 0.1) is 0 Å². The molecule has 2 nitrogen and oxygen atoms in total. The molecule has 6 aromatic carbocycles. The van der Waals surface area contributed by atoms with Crippen LogP contribution in [0.25, 0.3) is 33.2 Å². The molecule has 0 unspecified atom stereocenters. The second-order valence-electron chi connectivity index (χ2n) is 15.9. The van der Waals surface area contributed by atoms with Crippen LogP contribution in [-0.2, 0) is 10.8 Å². The minimum atomic E-state index is -2.85. The number of nitrogens with zero attached hydrogens (tertiary/aromatic N) is 2. The highest BCUT2D eigenvalue weighted by molar-refractivity contribution is 7.20. The lowest BCUT2D eigenvalue weighted by Crippen LogP contribution is -2.74. The Morgan fingerprint density at radius 3 is 1.06 bits per heavy atom. The molecule has 0 aliphatic carbocycles. The lowest BCUT2D eigenvalue weighted by molar-refractivity contribution is 0.594. The molecular formula is C48H46N2Si. The summed E-state index contributed by atoms with van der Waals surface area (Å²) in [6, 6.07) is 58.9. The number of rotatable bonds is 6. The van der Waals surface area contributed by atoms with E-state index in [0.717, 1.165) is 0 Å². The largest absolute Gasteiger partial charge is 0.316 e. The molecule has 252 valence electrons. The molecule has 0 atom stereocenters. The Labute approximate surface area is 303 Å². The molecule has 0 spiro atoms. The molecular weight excluding hydrogens is 633 g/mol. The second kappa shape index (κ2) is 12.4. The van der Waals surface area contributed by atoms with Gasteiger partial charge in [-0.2, -0.15) is 0 Å². The van der Waals surface area contributed by atoms with Crippen LogP contribution >= 0.6 is 0 Å². The van der Waals surface area contributed by atoms with Crippen LogP contribution < -0.4 is 20.7 Å². The molecule has 0 bridgehead atoms. The van der Waals surface area contributed by atoms with Crippen molar-refractivity contribution in [2.45, 2.75) is 52.4 Å². The molecule has 8 rings (SSSR count). The van der Waals surface area contributed by atoms with Crippen molar-refractivity contribution in [1.82, 2.24) is 9.13 Å². The van der Waals surface area contributed by atoms with Gasteiger partial charge in [0.15, 0.2) is 8.07 Å². The molecule has 0 N–H and O–H groups in total. The van der Waals surface area contributed by atoms with Gasteiger partial charge in [0.1, 0.15) is 0 Å². The predicted octanol–water partition coefficient (Wildman–Crippen LogP) is 9.55. The van der Waals surface area contributed by atoms with Crippen molar-refractivity contribution in [1.29, 1.82) is 0 Å². The molecule has 3 heteroatoms. The second-order valence-corrected chi connectivity index (χ2v) is 19.8. The summed E-state index contributed by atoms with van der Waals surface area (Å²) in [7, 11) is -2.85. The Bertz CT molecular complexity index is 2270. The Balaban J connectivity index is 1.54. The van der Waals surface area contributed by atoms with Crippen molar-refractivity contribution >= 4 is 50.6 Å². The van der Waals surface area contributed by atoms with E-state index < -0.39 is 8.07 Å². The van der Waals surface area contributed by atoms with Crippen LogP contribution in [0.4, 0.5) is 0 Å². The van der Waals surface area contributed by atoms with Gasteiger partial charge in [-0.15, -0.1) is 0 Å². The first-order valence-corrected chi connectivity index (χ1v) is 20.1. The average Bonchev–Trinajstić information content (AvgIpc) is 3.74. The molecule has 0 radical (unpaired) electrons. The van der Waals surface area contributed by atoms with E-state index >= 15 is 0 Å². The van der Waals surface area contributed by atoms with Gasteiger partial charge in [0, 0.05) is 34.5 Å². The fraction of sp³-hybridized carbons (Fsp3) is 0.167. The lowest BCUT2D eigenvalue weighted by Gasteiger charge is -2.35. The summed E-state index contributed by atoms with van der Waals surface area (Å²) in [5, 5.41) is 8.05. The fourth-order valence-corrected chi connectivity index (χ4v) is 12.9. The topological polar surface area (TPSA) is 9.86 Å². The lowest BCUT2D eigenvalue weighted by atomic mass is 9.87. The Kier molecular flexibility index (Phi) is 8.00. The van der Waals surface area contributed by atoms with Crippen LogP contribution in [0.3, 0.4) is 0 Å². The van der Waals surface area contributed by atoms with Gasteiger partial charge in [0.2, 0.25) is 0 Å². The van der Waals surface area contributed by atoms with Crippen LogP contribution in [0.1, 0.15) is 52.7 Å². The Morgan fingerprint density at radius 1 is 0.373 bits per heavy atom. The summed E-state index contributed by atoms with van der Waals surface area (Å²) < 4.78 is 4.89. The fourth-order valence-electron chi connectivity index (χ4n) is 8.14. The molecule has 0 fully saturated rings. The van der Waals surface area contributed by atoms with Crippen LogP contribution in [-0.4, -0.2) is 17.2 Å². The van der Waals surface area contributed by atoms with E-state index in [1.165, 1.54) is 65.1 Å². The number of benzene rings is 6. The summed E-state index contributed by atoms with van der Waals surface area (Å²) in [5.41, 5.74) is 7.47. The molecule has 51 heavy (non-hydrogen) atoms. The minimum absolute atomic E-state index is 0.0137.